The zero-order valence-electron chi connectivity index (χ0n) is 18.8. The molecule has 0 unspecified atom stereocenters. The number of carbonyl (C=O) groups is 2. The smallest absolute Gasteiger partial charge is 0.268 e. The second-order valence-corrected chi connectivity index (χ2v) is 6.08. The molecular weight excluding hydrogens is 316 g/mol. The standard InChI is InChI=1S/C19H20N4O2/c1-4-19(2,3)16-13(20-11-21-16)10-14-17(24)23-15(18(25)22-14)12-8-6-5-7-9-12/h4-11,15H,1H2,2-3H3,(H,20,21)(H,22,25)(H,23,24)/t15-/m1/s1/i5D,6D,7D,8D,9D. The Morgan fingerprint density at radius 2 is 2.00 bits per heavy atom. The highest BCUT2D eigenvalue weighted by Gasteiger charge is 2.31. The molecule has 6 nitrogen and oxygen atoms in total. The lowest BCUT2D eigenvalue weighted by Crippen LogP contribution is -2.49. The summed E-state index contributed by atoms with van der Waals surface area (Å²) in [5.41, 5.74) is 0.302. The molecule has 1 saturated heterocycles. The number of rotatable bonds is 4. The maximum absolute atomic E-state index is 12.7. The minimum atomic E-state index is -1.42. The minimum Gasteiger partial charge on any atom is -0.347 e. The Morgan fingerprint density at radius 3 is 2.68 bits per heavy atom. The number of amides is 2. The molecule has 0 aliphatic carbocycles. The third-order valence-corrected chi connectivity index (χ3v) is 3.95. The molecule has 2 heterocycles. The number of piperazine rings is 1. The van der Waals surface area contributed by atoms with Gasteiger partial charge in [0.05, 0.1) is 24.6 Å². The molecular formula is C19H20N4O2. The fourth-order valence-electron chi connectivity index (χ4n) is 2.41. The summed E-state index contributed by atoms with van der Waals surface area (Å²) < 4.78 is 39.2. The maximum atomic E-state index is 12.7. The van der Waals surface area contributed by atoms with E-state index in [0.717, 1.165) is 0 Å². The van der Waals surface area contributed by atoms with Crippen molar-refractivity contribution in [2.75, 3.05) is 0 Å². The number of aromatic nitrogens is 2. The molecule has 25 heavy (non-hydrogen) atoms. The van der Waals surface area contributed by atoms with E-state index in [2.05, 4.69) is 27.2 Å². The average Bonchev–Trinajstić information content (AvgIpc) is 3.17. The van der Waals surface area contributed by atoms with Gasteiger partial charge in [-0.15, -0.1) is 6.58 Å². The molecule has 1 aliphatic rings. The van der Waals surface area contributed by atoms with Gasteiger partial charge in [0.15, 0.2) is 0 Å². The Hall–Kier alpha value is -3.15. The minimum absolute atomic E-state index is 0.0724. The van der Waals surface area contributed by atoms with E-state index in [1.54, 1.807) is 6.08 Å². The van der Waals surface area contributed by atoms with Crippen LogP contribution < -0.4 is 10.6 Å². The van der Waals surface area contributed by atoms with Crippen molar-refractivity contribution in [2.45, 2.75) is 25.3 Å². The predicted molar refractivity (Wildman–Crippen MR) is 95.3 cm³/mol. The summed E-state index contributed by atoms with van der Waals surface area (Å²) in [7, 11) is 0. The van der Waals surface area contributed by atoms with Crippen molar-refractivity contribution in [1.29, 1.82) is 0 Å². The summed E-state index contributed by atoms with van der Waals surface area (Å²) in [6.45, 7) is 7.60. The molecule has 1 aromatic heterocycles. The van der Waals surface area contributed by atoms with E-state index in [1.807, 2.05) is 13.8 Å². The molecule has 2 aromatic rings. The fraction of sp³-hybridized carbons (Fsp3) is 0.211. The van der Waals surface area contributed by atoms with Crippen LogP contribution in [-0.4, -0.2) is 21.8 Å². The van der Waals surface area contributed by atoms with Gasteiger partial charge in [-0.2, -0.15) is 0 Å². The number of benzene rings is 1. The SMILES string of the molecule is [2H]c1c([2H])c([2H])c([C@H]2NC(=O)C(=Cc3nc[nH]c3C(C)(C)C=C)NC2=O)c([2H])c1[2H]. The van der Waals surface area contributed by atoms with Gasteiger partial charge in [0.25, 0.3) is 11.8 Å². The van der Waals surface area contributed by atoms with Crippen LogP contribution in [0.1, 0.15) is 43.7 Å². The van der Waals surface area contributed by atoms with Gasteiger partial charge in [0, 0.05) is 5.41 Å². The number of allylic oxidation sites excluding steroid dienone is 1. The van der Waals surface area contributed by atoms with Crippen molar-refractivity contribution in [3.8, 4) is 0 Å². The average molecular weight is 341 g/mol. The van der Waals surface area contributed by atoms with Gasteiger partial charge >= 0.3 is 0 Å². The predicted octanol–water partition coefficient (Wildman–Crippen LogP) is 2.20. The fourth-order valence-corrected chi connectivity index (χ4v) is 2.41. The van der Waals surface area contributed by atoms with Crippen molar-refractivity contribution in [2.24, 2.45) is 0 Å². The van der Waals surface area contributed by atoms with Crippen molar-refractivity contribution in [1.82, 2.24) is 20.6 Å². The quantitative estimate of drug-likeness (QED) is 0.588. The van der Waals surface area contributed by atoms with Gasteiger partial charge in [-0.1, -0.05) is 50.1 Å². The van der Waals surface area contributed by atoms with Crippen LogP contribution in [0.3, 0.4) is 0 Å². The molecule has 3 rings (SSSR count). The molecule has 128 valence electrons. The van der Waals surface area contributed by atoms with Gasteiger partial charge in [-0.3, -0.25) is 9.59 Å². The zero-order chi connectivity index (χ0) is 22.4. The van der Waals surface area contributed by atoms with Gasteiger partial charge in [-0.05, 0) is 11.6 Å². The van der Waals surface area contributed by atoms with Crippen LogP contribution in [0, 0.1) is 0 Å². The molecule has 0 spiro atoms. The van der Waals surface area contributed by atoms with Crippen LogP contribution in [-0.2, 0) is 15.0 Å². The lowest BCUT2D eigenvalue weighted by Gasteiger charge is -2.25. The van der Waals surface area contributed by atoms with Crippen molar-refractivity contribution < 1.29 is 16.4 Å². The number of aromatic amines is 1. The largest absolute Gasteiger partial charge is 0.347 e. The number of hydrogen-bond acceptors (Lipinski definition) is 3. The normalized spacial score (nSPS) is 22.2. The lowest BCUT2D eigenvalue weighted by molar-refractivity contribution is -0.131. The Bertz CT molecular complexity index is 1080. The first kappa shape index (κ1) is 11.4. The van der Waals surface area contributed by atoms with Crippen LogP contribution in [0.5, 0.6) is 0 Å². The third kappa shape index (κ3) is 3.24. The van der Waals surface area contributed by atoms with Gasteiger partial charge in [-0.25, -0.2) is 4.98 Å². The zero-order valence-corrected chi connectivity index (χ0v) is 13.8. The first-order chi connectivity index (χ1) is 14.0. The van der Waals surface area contributed by atoms with E-state index in [4.69, 9.17) is 6.85 Å². The van der Waals surface area contributed by atoms with Gasteiger partial charge in [0.2, 0.25) is 0 Å². The molecule has 1 aromatic carbocycles. The number of nitrogens with one attached hydrogen (secondary N) is 3. The molecule has 0 bridgehead atoms. The third-order valence-electron chi connectivity index (χ3n) is 3.95. The molecule has 0 radical (unpaired) electrons. The molecule has 1 aliphatic heterocycles. The summed E-state index contributed by atoms with van der Waals surface area (Å²) in [5.74, 6) is -1.39. The van der Waals surface area contributed by atoms with Crippen molar-refractivity contribution >= 4 is 17.9 Å². The Kier molecular flexibility index (Phi) is 2.92. The highest BCUT2D eigenvalue weighted by Crippen LogP contribution is 2.26. The summed E-state index contributed by atoms with van der Waals surface area (Å²) in [6.07, 6.45) is 4.59. The topological polar surface area (TPSA) is 86.9 Å². The van der Waals surface area contributed by atoms with Crippen molar-refractivity contribution in [3.63, 3.8) is 0 Å². The molecule has 2 amide bonds. The molecule has 1 atom stereocenters. The molecule has 1 fully saturated rings. The van der Waals surface area contributed by atoms with E-state index in [1.165, 1.54) is 12.4 Å². The van der Waals surface area contributed by atoms with Crippen molar-refractivity contribution in [3.05, 3.63) is 71.8 Å². The molecule has 3 N–H and O–H groups in total. The van der Waals surface area contributed by atoms with Crippen LogP contribution >= 0.6 is 0 Å². The Balaban J connectivity index is 1.98. The first-order valence-electron chi connectivity index (χ1n) is 10.1. The number of carbonyl (C=O) groups excluding carboxylic acids is 2. The van der Waals surface area contributed by atoms with Crippen LogP contribution in [0.4, 0.5) is 0 Å². The lowest BCUT2D eigenvalue weighted by atomic mass is 9.88. The molecule has 0 saturated carbocycles. The molecule has 6 heteroatoms. The number of H-pyrrole nitrogens is 1. The first-order valence-corrected chi connectivity index (χ1v) is 7.57. The second kappa shape index (κ2) is 6.39. The highest BCUT2D eigenvalue weighted by molar-refractivity contribution is 6.07. The monoisotopic (exact) mass is 341 g/mol. The van der Waals surface area contributed by atoms with Gasteiger partial charge < -0.3 is 15.6 Å². The number of nitrogens with zero attached hydrogens (tertiary/aromatic N) is 1. The van der Waals surface area contributed by atoms with E-state index in [0.29, 0.717) is 11.4 Å². The summed E-state index contributed by atoms with van der Waals surface area (Å²) in [6, 6.07) is -4.25. The number of imidazole rings is 1. The van der Waals surface area contributed by atoms with Crippen LogP contribution in [0.25, 0.3) is 6.08 Å². The van der Waals surface area contributed by atoms with Gasteiger partial charge in [0.1, 0.15) is 11.7 Å². The van der Waals surface area contributed by atoms with Crippen LogP contribution in [0.15, 0.2) is 54.9 Å². The highest BCUT2D eigenvalue weighted by atomic mass is 16.2. The van der Waals surface area contributed by atoms with E-state index >= 15 is 0 Å². The van der Waals surface area contributed by atoms with E-state index in [-0.39, 0.29) is 11.3 Å². The summed E-state index contributed by atoms with van der Waals surface area (Å²) in [5, 5.41) is 4.88. The van der Waals surface area contributed by atoms with E-state index < -0.39 is 53.5 Å². The Labute approximate surface area is 153 Å². The van der Waals surface area contributed by atoms with E-state index in [9.17, 15) is 9.59 Å². The maximum Gasteiger partial charge on any atom is 0.268 e. The summed E-state index contributed by atoms with van der Waals surface area (Å²) >= 11 is 0. The Morgan fingerprint density at radius 1 is 1.28 bits per heavy atom. The van der Waals surface area contributed by atoms with Crippen LogP contribution in [0.2, 0.25) is 0 Å². The number of hydrogen-bond donors (Lipinski definition) is 3. The summed E-state index contributed by atoms with van der Waals surface area (Å²) in [4.78, 5) is 32.5. The second-order valence-electron chi connectivity index (χ2n) is 6.08.